The van der Waals surface area contributed by atoms with Gasteiger partial charge in [-0.1, -0.05) is 6.92 Å². The largest absolute Gasteiger partial charge is 0.388 e. The predicted octanol–water partition coefficient (Wildman–Crippen LogP) is 2.04. The van der Waals surface area contributed by atoms with Crippen molar-refractivity contribution in [2.24, 2.45) is 11.8 Å². The van der Waals surface area contributed by atoms with Gasteiger partial charge in [0.15, 0.2) is 0 Å². The highest BCUT2D eigenvalue weighted by Gasteiger charge is 2.40. The van der Waals surface area contributed by atoms with Crippen LogP contribution in [0.15, 0.2) is 0 Å². The molecule has 2 heterocycles. The Morgan fingerprint density at radius 3 is 2.94 bits per heavy atom. The van der Waals surface area contributed by atoms with Crippen LogP contribution in [-0.2, 0) is 12.8 Å². The highest BCUT2D eigenvalue weighted by Crippen LogP contribution is 2.44. The molecule has 3 heteroatoms. The molecule has 1 aliphatic carbocycles. The molecule has 1 aromatic rings. The zero-order valence-corrected chi connectivity index (χ0v) is 11.7. The second-order valence-corrected chi connectivity index (χ2v) is 6.10. The van der Waals surface area contributed by atoms with Crippen molar-refractivity contribution in [3.05, 3.63) is 22.5 Å². The quantitative estimate of drug-likeness (QED) is 0.798. The Hall–Kier alpha value is -0.800. The minimum absolute atomic E-state index is 0.263. The molecular formula is C15H24N2O. The molecule has 3 nitrogen and oxygen atoms in total. The number of hydrogen-bond acceptors (Lipinski definition) is 2. The molecule has 0 radical (unpaired) electrons. The number of rotatable bonds is 1. The van der Waals surface area contributed by atoms with E-state index < -0.39 is 0 Å². The Kier molecular flexibility index (Phi) is 2.99. The van der Waals surface area contributed by atoms with Crippen molar-refractivity contribution in [2.45, 2.75) is 39.2 Å². The molecule has 18 heavy (non-hydrogen) atoms. The van der Waals surface area contributed by atoms with Crippen molar-refractivity contribution >= 4 is 0 Å². The van der Waals surface area contributed by atoms with E-state index in [1.807, 2.05) is 0 Å². The van der Waals surface area contributed by atoms with Crippen LogP contribution < -0.4 is 0 Å². The third-order valence-electron chi connectivity index (χ3n) is 4.97. The molecule has 1 aliphatic heterocycles. The molecule has 2 aliphatic rings. The van der Waals surface area contributed by atoms with Crippen molar-refractivity contribution in [3.8, 4) is 0 Å². The second kappa shape index (κ2) is 4.39. The van der Waals surface area contributed by atoms with Gasteiger partial charge in [0.1, 0.15) is 0 Å². The standard InChI is InChI=1S/C15H24N2O/c1-4-11-9(2)16-13-7-10-5-6-17(3)8-12(10)15(18)14(11)13/h10,12,15-16,18H,4-8H2,1-3H3/t10-,12+,15?/m0/s1. The van der Waals surface area contributed by atoms with Gasteiger partial charge in [-0.2, -0.15) is 0 Å². The number of piperidine rings is 1. The molecular weight excluding hydrogens is 224 g/mol. The summed E-state index contributed by atoms with van der Waals surface area (Å²) in [5.41, 5.74) is 5.15. The maximum atomic E-state index is 10.8. The number of aliphatic hydroxyl groups is 1. The van der Waals surface area contributed by atoms with Gasteiger partial charge in [-0.3, -0.25) is 0 Å². The van der Waals surface area contributed by atoms with Crippen LogP contribution >= 0.6 is 0 Å². The average Bonchev–Trinajstić information content (AvgIpc) is 2.66. The topological polar surface area (TPSA) is 39.3 Å². The summed E-state index contributed by atoms with van der Waals surface area (Å²) >= 11 is 0. The molecule has 3 atom stereocenters. The molecule has 1 aromatic heterocycles. The number of nitrogens with zero attached hydrogens (tertiary/aromatic N) is 1. The Morgan fingerprint density at radius 2 is 2.22 bits per heavy atom. The number of aryl methyl sites for hydroxylation is 1. The van der Waals surface area contributed by atoms with Crippen LogP contribution in [0.25, 0.3) is 0 Å². The van der Waals surface area contributed by atoms with E-state index in [4.69, 9.17) is 0 Å². The van der Waals surface area contributed by atoms with Gasteiger partial charge in [0.25, 0.3) is 0 Å². The minimum Gasteiger partial charge on any atom is -0.388 e. The molecule has 0 spiro atoms. The number of likely N-dealkylation sites (tertiary alicyclic amines) is 1. The first-order valence-corrected chi connectivity index (χ1v) is 7.18. The zero-order valence-electron chi connectivity index (χ0n) is 11.7. The third-order valence-corrected chi connectivity index (χ3v) is 4.97. The number of nitrogens with one attached hydrogen (secondary N) is 1. The van der Waals surface area contributed by atoms with Gasteiger partial charge in [-0.05, 0) is 51.3 Å². The Labute approximate surface area is 109 Å². The fraction of sp³-hybridized carbons (Fsp3) is 0.733. The van der Waals surface area contributed by atoms with Gasteiger partial charge in [-0.25, -0.2) is 0 Å². The normalized spacial score (nSPS) is 32.1. The van der Waals surface area contributed by atoms with Crippen molar-refractivity contribution in [2.75, 3.05) is 20.1 Å². The molecule has 0 bridgehead atoms. The van der Waals surface area contributed by atoms with Gasteiger partial charge in [0.2, 0.25) is 0 Å². The van der Waals surface area contributed by atoms with E-state index in [9.17, 15) is 5.11 Å². The summed E-state index contributed by atoms with van der Waals surface area (Å²) in [6.45, 7) is 6.53. The van der Waals surface area contributed by atoms with E-state index in [-0.39, 0.29) is 6.10 Å². The number of aliphatic hydroxyl groups excluding tert-OH is 1. The van der Waals surface area contributed by atoms with Crippen molar-refractivity contribution in [3.63, 3.8) is 0 Å². The fourth-order valence-electron chi connectivity index (χ4n) is 4.01. The molecule has 0 amide bonds. The summed E-state index contributed by atoms with van der Waals surface area (Å²) in [7, 11) is 2.17. The lowest BCUT2D eigenvalue weighted by Gasteiger charge is -2.42. The van der Waals surface area contributed by atoms with E-state index in [2.05, 4.69) is 30.8 Å². The van der Waals surface area contributed by atoms with Crippen molar-refractivity contribution in [1.82, 2.24) is 9.88 Å². The summed E-state index contributed by atoms with van der Waals surface area (Å²) in [5.74, 6) is 1.09. The van der Waals surface area contributed by atoms with E-state index in [0.29, 0.717) is 11.8 Å². The molecule has 2 N–H and O–H groups in total. The van der Waals surface area contributed by atoms with E-state index >= 15 is 0 Å². The molecule has 1 saturated heterocycles. The molecule has 1 unspecified atom stereocenters. The predicted molar refractivity (Wildman–Crippen MR) is 72.7 cm³/mol. The highest BCUT2D eigenvalue weighted by atomic mass is 16.3. The summed E-state index contributed by atoms with van der Waals surface area (Å²) in [5, 5.41) is 10.8. The van der Waals surface area contributed by atoms with E-state index in [1.165, 1.54) is 35.5 Å². The molecule has 1 fully saturated rings. The number of fused-ring (bicyclic) bond motifs is 2. The van der Waals surface area contributed by atoms with Crippen molar-refractivity contribution < 1.29 is 5.11 Å². The summed E-state index contributed by atoms with van der Waals surface area (Å²) in [4.78, 5) is 5.88. The van der Waals surface area contributed by atoms with Crippen LogP contribution in [0.1, 0.15) is 42.0 Å². The van der Waals surface area contributed by atoms with Gasteiger partial charge in [0.05, 0.1) is 6.10 Å². The first kappa shape index (κ1) is 12.2. The smallest absolute Gasteiger partial charge is 0.0853 e. The first-order chi connectivity index (χ1) is 8.61. The van der Waals surface area contributed by atoms with Crippen LogP contribution in [0.4, 0.5) is 0 Å². The second-order valence-electron chi connectivity index (χ2n) is 6.10. The van der Waals surface area contributed by atoms with Crippen LogP contribution in [0.3, 0.4) is 0 Å². The number of aromatic amines is 1. The lowest BCUT2D eigenvalue weighted by atomic mass is 9.72. The minimum atomic E-state index is -0.263. The summed E-state index contributed by atoms with van der Waals surface area (Å²) in [6, 6.07) is 0. The monoisotopic (exact) mass is 248 g/mol. The zero-order chi connectivity index (χ0) is 12.9. The Bertz CT molecular complexity index is 452. The fourth-order valence-corrected chi connectivity index (χ4v) is 4.01. The average molecular weight is 248 g/mol. The number of hydrogen-bond donors (Lipinski definition) is 2. The van der Waals surface area contributed by atoms with Crippen LogP contribution in [0.5, 0.6) is 0 Å². The van der Waals surface area contributed by atoms with Gasteiger partial charge < -0.3 is 15.0 Å². The Morgan fingerprint density at radius 1 is 1.44 bits per heavy atom. The number of aromatic nitrogens is 1. The van der Waals surface area contributed by atoms with Gasteiger partial charge in [-0.15, -0.1) is 0 Å². The summed E-state index contributed by atoms with van der Waals surface area (Å²) in [6.07, 6.45) is 3.10. The van der Waals surface area contributed by atoms with Crippen molar-refractivity contribution in [1.29, 1.82) is 0 Å². The van der Waals surface area contributed by atoms with Crippen LogP contribution in [0.2, 0.25) is 0 Å². The molecule has 3 rings (SSSR count). The van der Waals surface area contributed by atoms with Gasteiger partial charge in [0, 0.05) is 29.4 Å². The SMILES string of the molecule is CCc1c(C)[nH]c2c1C(O)[C@@H]1CN(C)CC[C@H]1C2. The first-order valence-electron chi connectivity index (χ1n) is 7.18. The molecule has 100 valence electrons. The van der Waals surface area contributed by atoms with E-state index in [1.54, 1.807) is 0 Å². The highest BCUT2D eigenvalue weighted by molar-refractivity contribution is 5.41. The van der Waals surface area contributed by atoms with Crippen LogP contribution in [0, 0.1) is 18.8 Å². The lowest BCUT2D eigenvalue weighted by molar-refractivity contribution is 0.00909. The summed E-state index contributed by atoms with van der Waals surface area (Å²) < 4.78 is 0. The van der Waals surface area contributed by atoms with E-state index in [0.717, 1.165) is 19.4 Å². The van der Waals surface area contributed by atoms with Gasteiger partial charge >= 0.3 is 0 Å². The number of H-pyrrole nitrogens is 1. The molecule has 0 saturated carbocycles. The lowest BCUT2D eigenvalue weighted by Crippen LogP contribution is -2.44. The third kappa shape index (κ3) is 1.72. The Balaban J connectivity index is 2.00. The maximum absolute atomic E-state index is 10.8. The van der Waals surface area contributed by atoms with Crippen LogP contribution in [-0.4, -0.2) is 35.1 Å². The molecule has 0 aromatic carbocycles. The maximum Gasteiger partial charge on any atom is 0.0853 e.